The maximum absolute atomic E-state index is 15.1. The van der Waals surface area contributed by atoms with Crippen molar-refractivity contribution in [1.82, 2.24) is 10.2 Å². The molecular formula is C41H46N2O16. The average Bonchev–Trinajstić information content (AvgIpc) is 3.20. The highest BCUT2D eigenvalue weighted by Gasteiger charge is 2.73. The molecule has 8 atom stereocenters. The SMILES string of the molecule is COC(=O)c1c(C)cc2c(c1OCC(=O)N1CCCCC1)[C@]1(O)C(=O)c3cc4c(c(O)c3C(=O)[C@]1(OC)[C@H](O)C2)C(=O)C=C(N[C@H]1O[C@@H](C)[C@H](OC)[C@@H](O)[C@H]1OC)C4=O. The number of carbonyl (C=O) groups excluding carboxylic acids is 6. The van der Waals surface area contributed by atoms with Crippen LogP contribution < -0.4 is 10.1 Å². The fraction of sp³-hybridized carbons (Fsp3) is 0.512. The van der Waals surface area contributed by atoms with Gasteiger partial charge in [-0.05, 0) is 50.3 Å². The van der Waals surface area contributed by atoms with Crippen LogP contribution in [0.15, 0.2) is 23.9 Å². The normalized spacial score (nSPS) is 30.1. The van der Waals surface area contributed by atoms with Gasteiger partial charge in [-0.2, -0.15) is 0 Å². The van der Waals surface area contributed by atoms with Gasteiger partial charge in [-0.3, -0.25) is 24.0 Å². The number of aliphatic hydroxyl groups is 3. The van der Waals surface area contributed by atoms with E-state index in [1.54, 1.807) is 11.8 Å². The van der Waals surface area contributed by atoms with E-state index in [0.717, 1.165) is 45.6 Å². The van der Waals surface area contributed by atoms with E-state index in [1.807, 2.05) is 0 Å². The Morgan fingerprint density at radius 1 is 0.949 bits per heavy atom. The number of allylic oxidation sites excluding steroid dienone is 2. The Kier molecular flexibility index (Phi) is 11.1. The van der Waals surface area contributed by atoms with E-state index in [2.05, 4.69) is 5.32 Å². The third kappa shape index (κ3) is 6.10. The summed E-state index contributed by atoms with van der Waals surface area (Å²) >= 11 is 0. The van der Waals surface area contributed by atoms with Crippen molar-refractivity contribution in [2.75, 3.05) is 48.1 Å². The molecule has 316 valence electrons. The first-order valence-electron chi connectivity index (χ1n) is 19.1. The summed E-state index contributed by atoms with van der Waals surface area (Å²) < 4.78 is 33.5. The number of amides is 1. The largest absolute Gasteiger partial charge is 0.506 e. The third-order valence-corrected chi connectivity index (χ3v) is 12.2. The summed E-state index contributed by atoms with van der Waals surface area (Å²) in [6.45, 7) is 3.40. The molecule has 18 nitrogen and oxygen atoms in total. The second kappa shape index (κ2) is 15.5. The topological polar surface area (TPSA) is 254 Å². The average molecular weight is 823 g/mol. The van der Waals surface area contributed by atoms with Gasteiger partial charge in [0.1, 0.15) is 35.4 Å². The number of ether oxygens (including phenoxy) is 6. The van der Waals surface area contributed by atoms with Gasteiger partial charge >= 0.3 is 5.97 Å². The van der Waals surface area contributed by atoms with Gasteiger partial charge in [-0.1, -0.05) is 6.07 Å². The Bertz CT molecular complexity index is 2190. The minimum Gasteiger partial charge on any atom is -0.506 e. The number of phenols is 1. The number of benzene rings is 2. The molecule has 2 heterocycles. The monoisotopic (exact) mass is 822 g/mol. The molecule has 0 radical (unpaired) electrons. The Labute approximate surface area is 337 Å². The molecule has 0 bridgehead atoms. The molecule has 0 unspecified atom stereocenters. The van der Waals surface area contributed by atoms with Crippen LogP contribution in [0.3, 0.4) is 0 Å². The van der Waals surface area contributed by atoms with Crippen molar-refractivity contribution in [1.29, 1.82) is 0 Å². The van der Waals surface area contributed by atoms with Crippen molar-refractivity contribution in [3.63, 3.8) is 0 Å². The molecule has 2 aromatic rings. The Morgan fingerprint density at radius 3 is 2.25 bits per heavy atom. The fourth-order valence-electron chi connectivity index (χ4n) is 9.34. The molecule has 59 heavy (non-hydrogen) atoms. The first-order chi connectivity index (χ1) is 28.0. The quantitative estimate of drug-likeness (QED) is 0.215. The Hall–Kier alpha value is -5.08. The van der Waals surface area contributed by atoms with Gasteiger partial charge in [-0.15, -0.1) is 0 Å². The molecule has 3 aliphatic carbocycles. The number of fused-ring (bicyclic) bond motifs is 5. The number of hydrogen-bond donors (Lipinski definition) is 5. The van der Waals surface area contributed by atoms with Gasteiger partial charge in [0.2, 0.25) is 17.3 Å². The van der Waals surface area contributed by atoms with Crippen LogP contribution in [0.1, 0.15) is 94.7 Å². The number of methoxy groups -OCH3 is 4. The van der Waals surface area contributed by atoms with Crippen molar-refractivity contribution >= 4 is 35.0 Å². The number of piperidine rings is 1. The number of carbonyl (C=O) groups is 6. The maximum Gasteiger partial charge on any atom is 0.341 e. The summed E-state index contributed by atoms with van der Waals surface area (Å²) in [5.74, 6) is -7.61. The first kappa shape index (κ1) is 42.1. The highest BCUT2D eigenvalue weighted by molar-refractivity contribution is 6.31. The molecular weight excluding hydrogens is 776 g/mol. The number of phenolic OH excluding ortho intramolecular Hbond substituents is 1. The van der Waals surface area contributed by atoms with Crippen LogP contribution in [0, 0.1) is 6.92 Å². The zero-order valence-electron chi connectivity index (χ0n) is 33.3. The molecule has 1 amide bonds. The highest BCUT2D eigenvalue weighted by Crippen LogP contribution is 2.57. The van der Waals surface area contributed by atoms with Crippen LogP contribution in [0.2, 0.25) is 0 Å². The first-order valence-corrected chi connectivity index (χ1v) is 19.1. The van der Waals surface area contributed by atoms with Gasteiger partial charge in [0.15, 0.2) is 29.8 Å². The van der Waals surface area contributed by atoms with E-state index >= 15 is 4.79 Å². The number of nitrogens with zero attached hydrogens (tertiary/aromatic N) is 1. The zero-order valence-corrected chi connectivity index (χ0v) is 33.3. The van der Waals surface area contributed by atoms with E-state index in [-0.39, 0.29) is 22.4 Å². The van der Waals surface area contributed by atoms with E-state index < -0.39 is 135 Å². The standard InChI is InChI=1S/C41H46N2O16/c1-17-12-19-13-24(45)41(57-6)37(51)28-21(36(50)40(41,53)29(19)34(26(17)39(52)56-5)58-16-25(46)43-10-8-7-9-11-43)14-20-27(31(28)48)23(44)15-22(30(20)47)42-38-35(55-4)32(49)33(54-3)18(2)59-38/h12,14-15,18,24,32-33,35,38,42,45,48-49,53H,7-11,13,16H2,1-6H3/t18-,24+,32+,33-,35+,38-,40-,41+/m0/s1. The predicted octanol–water partition coefficient (Wildman–Crippen LogP) is 0.436. The molecule has 18 heteroatoms. The number of aryl methyl sites for hydroxylation is 1. The Balaban J connectivity index is 1.37. The van der Waals surface area contributed by atoms with Crippen LogP contribution in [-0.4, -0.2) is 151 Å². The van der Waals surface area contributed by atoms with E-state index in [1.165, 1.54) is 27.2 Å². The molecule has 5 aliphatic rings. The van der Waals surface area contributed by atoms with Crippen molar-refractivity contribution in [2.24, 2.45) is 0 Å². The summed E-state index contributed by atoms with van der Waals surface area (Å²) in [4.78, 5) is 86.3. The number of ketones is 4. The number of hydrogen-bond acceptors (Lipinski definition) is 17. The molecule has 2 saturated heterocycles. The molecule has 2 aromatic carbocycles. The van der Waals surface area contributed by atoms with Crippen LogP contribution in [0.5, 0.6) is 11.5 Å². The Morgan fingerprint density at radius 2 is 1.63 bits per heavy atom. The lowest BCUT2D eigenvalue weighted by Gasteiger charge is -2.53. The highest BCUT2D eigenvalue weighted by atomic mass is 16.6. The minimum absolute atomic E-state index is 0.0537. The van der Waals surface area contributed by atoms with Gasteiger partial charge in [-0.25, -0.2) is 4.79 Å². The van der Waals surface area contributed by atoms with Crippen LogP contribution in [0.25, 0.3) is 0 Å². The van der Waals surface area contributed by atoms with Crippen LogP contribution in [-0.2, 0) is 40.5 Å². The summed E-state index contributed by atoms with van der Waals surface area (Å²) in [5.41, 5.74) is -9.76. The van der Waals surface area contributed by atoms with E-state index in [9.17, 15) is 44.4 Å². The summed E-state index contributed by atoms with van der Waals surface area (Å²) in [6, 6.07) is 2.28. The molecule has 5 N–H and O–H groups in total. The molecule has 2 aliphatic heterocycles. The second-order valence-electron chi connectivity index (χ2n) is 15.3. The molecule has 0 aromatic heterocycles. The van der Waals surface area contributed by atoms with Crippen molar-refractivity contribution in [2.45, 2.75) is 87.5 Å². The smallest absolute Gasteiger partial charge is 0.341 e. The summed E-state index contributed by atoms with van der Waals surface area (Å²) in [7, 11) is 4.70. The van der Waals surface area contributed by atoms with Crippen LogP contribution >= 0.6 is 0 Å². The van der Waals surface area contributed by atoms with Crippen molar-refractivity contribution < 1.29 is 77.6 Å². The predicted molar refractivity (Wildman–Crippen MR) is 200 cm³/mol. The molecule has 0 saturated carbocycles. The van der Waals surface area contributed by atoms with Crippen LogP contribution in [0.4, 0.5) is 0 Å². The minimum atomic E-state index is -3.25. The number of rotatable bonds is 9. The maximum atomic E-state index is 15.1. The van der Waals surface area contributed by atoms with Gasteiger partial charge < -0.3 is 59.1 Å². The van der Waals surface area contributed by atoms with E-state index in [4.69, 9.17) is 28.4 Å². The molecule has 2 fully saturated rings. The molecule has 7 rings (SSSR count). The lowest BCUT2D eigenvalue weighted by molar-refractivity contribution is -0.236. The number of likely N-dealkylation sites (tertiary alicyclic amines) is 1. The fourth-order valence-corrected chi connectivity index (χ4v) is 9.34. The van der Waals surface area contributed by atoms with Gasteiger partial charge in [0, 0.05) is 63.6 Å². The third-order valence-electron chi connectivity index (χ3n) is 12.2. The lowest BCUT2D eigenvalue weighted by atomic mass is 9.56. The number of aliphatic hydroxyl groups excluding tert-OH is 2. The number of esters is 1. The summed E-state index contributed by atoms with van der Waals surface area (Å²) in [5, 5.41) is 50.2. The molecule has 0 spiro atoms. The van der Waals surface area contributed by atoms with Gasteiger partial charge in [0.05, 0.1) is 36.1 Å². The zero-order chi connectivity index (χ0) is 42.9. The lowest BCUT2D eigenvalue weighted by Crippen LogP contribution is -2.73. The number of Topliss-reactive ketones (excluding diaryl/α,β-unsaturated/α-hetero) is 3. The van der Waals surface area contributed by atoms with Crippen molar-refractivity contribution in [3.05, 3.63) is 68.4 Å². The van der Waals surface area contributed by atoms with E-state index in [0.29, 0.717) is 13.1 Å². The number of aromatic hydroxyl groups is 1. The second-order valence-corrected chi connectivity index (χ2v) is 15.3. The summed E-state index contributed by atoms with van der Waals surface area (Å²) in [6.07, 6.45) is -4.17. The van der Waals surface area contributed by atoms with Crippen molar-refractivity contribution in [3.8, 4) is 11.5 Å². The number of nitrogens with one attached hydrogen (secondary N) is 1. The van der Waals surface area contributed by atoms with Gasteiger partial charge in [0.25, 0.3) is 5.91 Å².